The van der Waals surface area contributed by atoms with Crippen molar-refractivity contribution in [1.29, 1.82) is 0 Å². The van der Waals surface area contributed by atoms with Gasteiger partial charge in [0.1, 0.15) is 0 Å². The van der Waals surface area contributed by atoms with Gasteiger partial charge in [0.2, 0.25) is 0 Å². The molecule has 0 aliphatic carbocycles. The molecule has 1 aromatic carbocycles. The lowest BCUT2D eigenvalue weighted by atomic mass is 10.1. The van der Waals surface area contributed by atoms with Crippen LogP contribution >= 0.6 is 15.9 Å². The van der Waals surface area contributed by atoms with Crippen LogP contribution in [0.2, 0.25) is 0 Å². The van der Waals surface area contributed by atoms with Gasteiger partial charge >= 0.3 is 6.03 Å². The van der Waals surface area contributed by atoms with Gasteiger partial charge in [0, 0.05) is 24.6 Å². The summed E-state index contributed by atoms with van der Waals surface area (Å²) >= 11 is 3.41. The topological polar surface area (TPSA) is 23.6 Å². The van der Waals surface area contributed by atoms with Crippen LogP contribution in [-0.4, -0.2) is 36.0 Å². The van der Waals surface area contributed by atoms with Crippen molar-refractivity contribution in [1.82, 2.24) is 9.80 Å². The molecule has 2 amide bonds. The summed E-state index contributed by atoms with van der Waals surface area (Å²) in [6.07, 6.45) is 0. The van der Waals surface area contributed by atoms with E-state index >= 15 is 0 Å². The molecule has 1 saturated heterocycles. The van der Waals surface area contributed by atoms with Gasteiger partial charge in [-0.1, -0.05) is 28.1 Å². The van der Waals surface area contributed by atoms with Crippen LogP contribution in [0.5, 0.6) is 0 Å². The van der Waals surface area contributed by atoms with Gasteiger partial charge in [0.25, 0.3) is 0 Å². The lowest BCUT2D eigenvalue weighted by Crippen LogP contribution is -2.31. The third-order valence-electron chi connectivity index (χ3n) is 3.07. The van der Waals surface area contributed by atoms with Crippen molar-refractivity contribution in [3.63, 3.8) is 0 Å². The van der Waals surface area contributed by atoms with Crippen LogP contribution in [0.15, 0.2) is 28.7 Å². The summed E-state index contributed by atoms with van der Waals surface area (Å²) in [7, 11) is 1.84. The highest BCUT2D eigenvalue weighted by Gasteiger charge is 2.29. The highest BCUT2D eigenvalue weighted by Crippen LogP contribution is 2.25. The molecule has 0 radical (unpaired) electrons. The molecule has 0 saturated carbocycles. The number of carbonyl (C=O) groups is 1. The number of hydrogen-bond donors (Lipinski definition) is 0. The largest absolute Gasteiger partial charge is 0.326 e. The van der Waals surface area contributed by atoms with Gasteiger partial charge in [0.05, 0.1) is 6.04 Å². The summed E-state index contributed by atoms with van der Waals surface area (Å²) in [5.41, 5.74) is 1.17. The minimum Gasteiger partial charge on any atom is -0.326 e. The normalized spacial score (nSPS) is 18.1. The number of urea groups is 1. The molecule has 86 valence electrons. The van der Waals surface area contributed by atoms with Crippen LogP contribution in [0.25, 0.3) is 0 Å². The van der Waals surface area contributed by atoms with Gasteiger partial charge in [-0.15, -0.1) is 0 Å². The zero-order chi connectivity index (χ0) is 11.7. The molecule has 1 aliphatic heterocycles. The standard InChI is InChI=1S/C12H15BrN2O/c1-9(10-3-5-11(13)6-4-10)15-8-7-14(2)12(15)16/h3-6,9H,7-8H2,1-2H3. The number of carbonyl (C=O) groups excluding carboxylic acids is 1. The van der Waals surface area contributed by atoms with E-state index in [9.17, 15) is 4.79 Å². The smallest absolute Gasteiger partial charge is 0.320 e. The zero-order valence-corrected chi connectivity index (χ0v) is 11.1. The highest BCUT2D eigenvalue weighted by molar-refractivity contribution is 9.10. The van der Waals surface area contributed by atoms with Crippen LogP contribution in [0, 0.1) is 0 Å². The second-order valence-electron chi connectivity index (χ2n) is 4.13. The monoisotopic (exact) mass is 282 g/mol. The molecule has 0 bridgehead atoms. The maximum absolute atomic E-state index is 11.8. The molecule has 0 spiro atoms. The Kier molecular flexibility index (Phi) is 3.19. The van der Waals surface area contributed by atoms with E-state index in [2.05, 4.69) is 35.0 Å². The molecule has 0 N–H and O–H groups in total. The summed E-state index contributed by atoms with van der Waals surface area (Å²) in [4.78, 5) is 15.5. The number of benzene rings is 1. The quantitative estimate of drug-likeness (QED) is 0.818. The Morgan fingerprint density at radius 2 is 1.88 bits per heavy atom. The number of nitrogens with zero attached hydrogens (tertiary/aromatic N) is 2. The van der Waals surface area contributed by atoms with Gasteiger partial charge in [-0.2, -0.15) is 0 Å². The number of likely N-dealkylation sites (N-methyl/N-ethyl adjacent to an activating group) is 1. The van der Waals surface area contributed by atoms with Gasteiger partial charge in [-0.05, 0) is 24.6 Å². The Bertz CT molecular complexity index is 391. The van der Waals surface area contributed by atoms with Crippen LogP contribution in [0.4, 0.5) is 4.79 Å². The molecule has 4 heteroatoms. The van der Waals surface area contributed by atoms with Crippen molar-refractivity contribution in [2.45, 2.75) is 13.0 Å². The summed E-state index contributed by atoms with van der Waals surface area (Å²) in [5, 5.41) is 0. The average molecular weight is 283 g/mol. The predicted octanol–water partition coefficient (Wildman–Crippen LogP) is 2.88. The Hall–Kier alpha value is -1.03. The molecule has 16 heavy (non-hydrogen) atoms. The molecule has 3 nitrogen and oxygen atoms in total. The second kappa shape index (κ2) is 4.45. The Balaban J connectivity index is 2.16. The molecular weight excluding hydrogens is 268 g/mol. The SMILES string of the molecule is CC(c1ccc(Br)cc1)N1CCN(C)C1=O. The van der Waals surface area contributed by atoms with Crippen LogP contribution in [0.3, 0.4) is 0 Å². The molecule has 1 aliphatic rings. The average Bonchev–Trinajstić information content (AvgIpc) is 2.60. The molecule has 1 atom stereocenters. The van der Waals surface area contributed by atoms with Gasteiger partial charge < -0.3 is 9.80 Å². The van der Waals surface area contributed by atoms with Crippen molar-refractivity contribution in [3.05, 3.63) is 34.3 Å². The Labute approximate surface area is 104 Å². The first-order valence-electron chi connectivity index (χ1n) is 5.37. The van der Waals surface area contributed by atoms with E-state index < -0.39 is 0 Å². The summed E-state index contributed by atoms with van der Waals surface area (Å²) < 4.78 is 1.06. The van der Waals surface area contributed by atoms with Crippen molar-refractivity contribution in [2.75, 3.05) is 20.1 Å². The molecule has 0 aromatic heterocycles. The van der Waals surface area contributed by atoms with E-state index in [0.29, 0.717) is 0 Å². The number of halogens is 1. The number of rotatable bonds is 2. The van der Waals surface area contributed by atoms with Crippen molar-refractivity contribution >= 4 is 22.0 Å². The van der Waals surface area contributed by atoms with Crippen LogP contribution in [0.1, 0.15) is 18.5 Å². The fourth-order valence-corrected chi connectivity index (χ4v) is 2.21. The van der Waals surface area contributed by atoms with Crippen LogP contribution in [-0.2, 0) is 0 Å². The maximum Gasteiger partial charge on any atom is 0.320 e. The van der Waals surface area contributed by atoms with Crippen LogP contribution < -0.4 is 0 Å². The lowest BCUT2D eigenvalue weighted by molar-refractivity contribution is 0.186. The number of hydrogen-bond acceptors (Lipinski definition) is 1. The fourth-order valence-electron chi connectivity index (χ4n) is 1.95. The van der Waals surface area contributed by atoms with E-state index in [-0.39, 0.29) is 12.1 Å². The second-order valence-corrected chi connectivity index (χ2v) is 5.04. The molecule has 1 aromatic rings. The zero-order valence-electron chi connectivity index (χ0n) is 9.48. The maximum atomic E-state index is 11.8. The summed E-state index contributed by atoms with van der Waals surface area (Å²) in [6, 6.07) is 8.40. The minimum atomic E-state index is 0.121. The van der Waals surface area contributed by atoms with Gasteiger partial charge in [-0.25, -0.2) is 4.79 Å². The number of amides is 2. The van der Waals surface area contributed by atoms with E-state index in [4.69, 9.17) is 0 Å². The van der Waals surface area contributed by atoms with Crippen molar-refractivity contribution in [3.8, 4) is 0 Å². The van der Waals surface area contributed by atoms with E-state index in [1.807, 2.05) is 24.1 Å². The first-order valence-corrected chi connectivity index (χ1v) is 6.16. The van der Waals surface area contributed by atoms with Crippen molar-refractivity contribution in [2.24, 2.45) is 0 Å². The third-order valence-corrected chi connectivity index (χ3v) is 3.60. The van der Waals surface area contributed by atoms with E-state index in [1.165, 1.54) is 5.56 Å². The Morgan fingerprint density at radius 3 is 2.38 bits per heavy atom. The molecule has 1 fully saturated rings. The molecule has 1 unspecified atom stereocenters. The summed E-state index contributed by atoms with van der Waals surface area (Å²) in [5.74, 6) is 0. The first kappa shape index (κ1) is 11.5. The molecular formula is C12H15BrN2O. The molecule has 1 heterocycles. The van der Waals surface area contributed by atoms with E-state index in [0.717, 1.165) is 17.6 Å². The third kappa shape index (κ3) is 2.07. The molecule has 2 rings (SSSR count). The predicted molar refractivity (Wildman–Crippen MR) is 67.3 cm³/mol. The first-order chi connectivity index (χ1) is 7.59. The van der Waals surface area contributed by atoms with E-state index in [1.54, 1.807) is 4.90 Å². The van der Waals surface area contributed by atoms with Gasteiger partial charge in [0.15, 0.2) is 0 Å². The summed E-state index contributed by atoms with van der Waals surface area (Å²) in [6.45, 7) is 3.70. The fraction of sp³-hybridized carbons (Fsp3) is 0.417. The minimum absolute atomic E-state index is 0.121. The van der Waals surface area contributed by atoms with Crippen molar-refractivity contribution < 1.29 is 4.79 Å². The highest BCUT2D eigenvalue weighted by atomic mass is 79.9. The van der Waals surface area contributed by atoms with Gasteiger partial charge in [-0.3, -0.25) is 0 Å². The Morgan fingerprint density at radius 1 is 1.25 bits per heavy atom. The lowest BCUT2D eigenvalue weighted by Gasteiger charge is -2.24.